The van der Waals surface area contributed by atoms with Gasteiger partial charge in [-0.15, -0.1) is 13.2 Å². The lowest BCUT2D eigenvalue weighted by Crippen LogP contribution is -2.48. The Balaban J connectivity index is 1.66. The molecule has 160 valence electrons. The van der Waals surface area contributed by atoms with Crippen molar-refractivity contribution < 1.29 is 22.7 Å². The van der Waals surface area contributed by atoms with E-state index in [0.717, 1.165) is 16.7 Å². The molecule has 1 fully saturated rings. The Bertz CT molecular complexity index is 1110. The van der Waals surface area contributed by atoms with Crippen LogP contribution in [0.4, 0.5) is 19.0 Å². The predicted octanol–water partition coefficient (Wildman–Crippen LogP) is 4.03. The highest BCUT2D eigenvalue weighted by molar-refractivity contribution is 5.91. The molecular formula is C22H19F3N4O2. The lowest BCUT2D eigenvalue weighted by atomic mass is 10.1. The number of para-hydroxylation sites is 1. The number of rotatable bonds is 4. The van der Waals surface area contributed by atoms with Crippen LogP contribution in [-0.4, -0.2) is 53.3 Å². The lowest BCUT2D eigenvalue weighted by Gasteiger charge is -2.35. The molecule has 0 saturated carbocycles. The van der Waals surface area contributed by atoms with E-state index in [0.29, 0.717) is 37.6 Å². The monoisotopic (exact) mass is 428 g/mol. The van der Waals surface area contributed by atoms with E-state index in [1.165, 1.54) is 30.3 Å². The third kappa shape index (κ3) is 4.60. The predicted molar refractivity (Wildman–Crippen MR) is 111 cm³/mol. The number of halogens is 3. The van der Waals surface area contributed by atoms with Gasteiger partial charge in [0.1, 0.15) is 11.6 Å². The fourth-order valence-corrected chi connectivity index (χ4v) is 3.50. The van der Waals surface area contributed by atoms with Crippen molar-refractivity contribution in [1.29, 1.82) is 0 Å². The van der Waals surface area contributed by atoms with Crippen LogP contribution in [0, 0.1) is 0 Å². The number of nitrogens with zero attached hydrogens (tertiary/aromatic N) is 4. The second-order valence-electron chi connectivity index (χ2n) is 6.98. The molecule has 3 aromatic rings. The lowest BCUT2D eigenvalue weighted by molar-refractivity contribution is -0.274. The van der Waals surface area contributed by atoms with Gasteiger partial charge in [0, 0.05) is 37.1 Å². The maximum absolute atomic E-state index is 12.4. The first-order valence-corrected chi connectivity index (χ1v) is 9.63. The summed E-state index contributed by atoms with van der Waals surface area (Å²) in [5.41, 5.74) is 1.30. The van der Waals surface area contributed by atoms with Crippen LogP contribution in [-0.2, 0) is 4.79 Å². The van der Waals surface area contributed by atoms with Gasteiger partial charge in [-0.05, 0) is 42.5 Å². The standard InChI is InChI=1S/C22H19F3N4O2/c1-2-19(30)28-11-13-29(14-12-28)21-17-5-3-4-6-18(17)26-20(27-21)15-7-9-16(10-8-15)31-22(23,24)25/h2-10H,1,11-14H2. The highest BCUT2D eigenvalue weighted by Crippen LogP contribution is 2.30. The molecule has 2 aromatic carbocycles. The number of piperazine rings is 1. The first-order valence-electron chi connectivity index (χ1n) is 9.63. The maximum atomic E-state index is 12.4. The van der Waals surface area contributed by atoms with Crippen LogP contribution >= 0.6 is 0 Å². The molecule has 0 atom stereocenters. The van der Waals surface area contributed by atoms with Crippen LogP contribution in [0.2, 0.25) is 0 Å². The minimum atomic E-state index is -4.75. The summed E-state index contributed by atoms with van der Waals surface area (Å²) in [5, 5.41) is 0.867. The van der Waals surface area contributed by atoms with Crippen molar-refractivity contribution in [2.24, 2.45) is 0 Å². The molecule has 1 saturated heterocycles. The highest BCUT2D eigenvalue weighted by Gasteiger charge is 2.31. The zero-order valence-corrected chi connectivity index (χ0v) is 16.5. The van der Waals surface area contributed by atoms with Gasteiger partial charge < -0.3 is 14.5 Å². The first kappa shape index (κ1) is 20.6. The molecule has 0 unspecified atom stereocenters. The van der Waals surface area contributed by atoms with E-state index in [2.05, 4.69) is 21.2 Å². The van der Waals surface area contributed by atoms with Crippen LogP contribution in [0.15, 0.2) is 61.2 Å². The number of aromatic nitrogens is 2. The molecule has 1 aliphatic rings. The minimum Gasteiger partial charge on any atom is -0.406 e. The summed E-state index contributed by atoms with van der Waals surface area (Å²) in [4.78, 5) is 25.0. The van der Waals surface area contributed by atoms with Crippen molar-refractivity contribution in [3.05, 3.63) is 61.2 Å². The Morgan fingerprint density at radius 3 is 2.32 bits per heavy atom. The van der Waals surface area contributed by atoms with E-state index in [-0.39, 0.29) is 11.7 Å². The Labute approximate surface area is 176 Å². The molecule has 9 heteroatoms. The molecule has 6 nitrogen and oxygen atoms in total. The molecule has 2 heterocycles. The smallest absolute Gasteiger partial charge is 0.406 e. The second kappa shape index (κ2) is 8.25. The SMILES string of the molecule is C=CC(=O)N1CCN(c2nc(-c3ccc(OC(F)(F)F)cc3)nc3ccccc23)CC1. The number of hydrogen-bond donors (Lipinski definition) is 0. The molecule has 4 rings (SSSR count). The summed E-state index contributed by atoms with van der Waals surface area (Å²) in [5.74, 6) is 0.716. The van der Waals surface area contributed by atoms with Gasteiger partial charge in [0.05, 0.1) is 5.52 Å². The average molecular weight is 428 g/mol. The zero-order valence-electron chi connectivity index (χ0n) is 16.5. The number of amides is 1. The van der Waals surface area contributed by atoms with Gasteiger partial charge in [-0.3, -0.25) is 4.79 Å². The van der Waals surface area contributed by atoms with Gasteiger partial charge in [0.2, 0.25) is 5.91 Å². The largest absolute Gasteiger partial charge is 0.573 e. The van der Waals surface area contributed by atoms with Crippen LogP contribution in [0.5, 0.6) is 5.75 Å². The Hall–Kier alpha value is -3.62. The molecule has 1 aliphatic heterocycles. The van der Waals surface area contributed by atoms with E-state index in [1.54, 1.807) is 4.90 Å². The van der Waals surface area contributed by atoms with Gasteiger partial charge in [-0.1, -0.05) is 18.7 Å². The van der Waals surface area contributed by atoms with Crippen molar-refractivity contribution in [2.45, 2.75) is 6.36 Å². The molecular weight excluding hydrogens is 409 g/mol. The molecule has 1 aromatic heterocycles. The molecule has 0 spiro atoms. The Morgan fingerprint density at radius 2 is 1.68 bits per heavy atom. The quantitative estimate of drug-likeness (QED) is 0.588. The molecule has 0 radical (unpaired) electrons. The summed E-state index contributed by atoms with van der Waals surface area (Å²) in [6.45, 7) is 5.81. The van der Waals surface area contributed by atoms with Gasteiger partial charge >= 0.3 is 6.36 Å². The normalized spacial score (nSPS) is 14.5. The van der Waals surface area contributed by atoms with E-state index >= 15 is 0 Å². The summed E-state index contributed by atoms with van der Waals surface area (Å²) >= 11 is 0. The van der Waals surface area contributed by atoms with Gasteiger partial charge in [0.15, 0.2) is 5.82 Å². The molecule has 31 heavy (non-hydrogen) atoms. The van der Waals surface area contributed by atoms with Crippen LogP contribution < -0.4 is 9.64 Å². The van der Waals surface area contributed by atoms with Crippen LogP contribution in [0.3, 0.4) is 0 Å². The molecule has 0 aliphatic carbocycles. The summed E-state index contributed by atoms with van der Waals surface area (Å²) in [6, 6.07) is 13.0. The molecule has 0 N–H and O–H groups in total. The second-order valence-corrected chi connectivity index (χ2v) is 6.98. The summed E-state index contributed by atoms with van der Waals surface area (Å²) in [6.07, 6.45) is -3.44. The molecule has 0 bridgehead atoms. The van der Waals surface area contributed by atoms with E-state index in [4.69, 9.17) is 4.98 Å². The third-order valence-corrected chi connectivity index (χ3v) is 4.99. The fraction of sp³-hybridized carbons (Fsp3) is 0.227. The fourth-order valence-electron chi connectivity index (χ4n) is 3.50. The van der Waals surface area contributed by atoms with Crippen LogP contribution in [0.25, 0.3) is 22.3 Å². The Morgan fingerprint density at radius 1 is 1.00 bits per heavy atom. The zero-order chi connectivity index (χ0) is 22.0. The minimum absolute atomic E-state index is 0.103. The van der Waals surface area contributed by atoms with Gasteiger partial charge in [-0.2, -0.15) is 0 Å². The van der Waals surface area contributed by atoms with Crippen LogP contribution in [0.1, 0.15) is 0 Å². The number of carbonyl (C=O) groups is 1. The summed E-state index contributed by atoms with van der Waals surface area (Å²) in [7, 11) is 0. The van der Waals surface area contributed by atoms with E-state index in [1.807, 2.05) is 24.3 Å². The van der Waals surface area contributed by atoms with Crippen molar-refractivity contribution >= 4 is 22.6 Å². The third-order valence-electron chi connectivity index (χ3n) is 4.99. The summed E-state index contributed by atoms with van der Waals surface area (Å²) < 4.78 is 41.2. The number of ether oxygens (including phenoxy) is 1. The van der Waals surface area contributed by atoms with E-state index < -0.39 is 6.36 Å². The Kier molecular flexibility index (Phi) is 5.50. The average Bonchev–Trinajstić information content (AvgIpc) is 2.77. The number of alkyl halides is 3. The van der Waals surface area contributed by atoms with Crippen molar-refractivity contribution in [3.8, 4) is 17.1 Å². The highest BCUT2D eigenvalue weighted by atomic mass is 19.4. The number of benzene rings is 2. The number of hydrogen-bond acceptors (Lipinski definition) is 5. The number of anilines is 1. The van der Waals surface area contributed by atoms with Crippen molar-refractivity contribution in [2.75, 3.05) is 31.1 Å². The number of fused-ring (bicyclic) bond motifs is 1. The molecule has 1 amide bonds. The van der Waals surface area contributed by atoms with E-state index in [9.17, 15) is 18.0 Å². The first-order chi connectivity index (χ1) is 14.8. The van der Waals surface area contributed by atoms with Gasteiger partial charge in [-0.25, -0.2) is 9.97 Å². The number of carbonyl (C=O) groups excluding carboxylic acids is 1. The van der Waals surface area contributed by atoms with Gasteiger partial charge in [0.25, 0.3) is 0 Å². The van der Waals surface area contributed by atoms with Crippen molar-refractivity contribution in [1.82, 2.24) is 14.9 Å². The van der Waals surface area contributed by atoms with Crippen molar-refractivity contribution in [3.63, 3.8) is 0 Å². The topological polar surface area (TPSA) is 58.6 Å². The maximum Gasteiger partial charge on any atom is 0.573 e.